The summed E-state index contributed by atoms with van der Waals surface area (Å²) in [6.07, 6.45) is 0.942. The van der Waals surface area contributed by atoms with E-state index in [1.54, 1.807) is 7.11 Å². The first kappa shape index (κ1) is 16.2. The van der Waals surface area contributed by atoms with Crippen LogP contribution in [-0.2, 0) is 0 Å². The van der Waals surface area contributed by atoms with Crippen LogP contribution in [-0.4, -0.2) is 58.9 Å². The van der Waals surface area contributed by atoms with E-state index in [2.05, 4.69) is 26.6 Å². The number of amides is 1. The normalized spacial score (nSPS) is 14.8. The number of carbonyl (C=O) groups is 1. The molecule has 0 saturated carbocycles. The van der Waals surface area contributed by atoms with E-state index in [4.69, 9.17) is 9.84 Å². The van der Waals surface area contributed by atoms with Gasteiger partial charge in [0.05, 0.1) is 19.0 Å². The summed E-state index contributed by atoms with van der Waals surface area (Å²) in [5, 5.41) is 9.06. The lowest BCUT2D eigenvalue weighted by Gasteiger charge is -2.35. The summed E-state index contributed by atoms with van der Waals surface area (Å²) in [4.78, 5) is 19.2. The first-order chi connectivity index (χ1) is 11.5. The quantitative estimate of drug-likeness (QED) is 0.935. The van der Waals surface area contributed by atoms with Gasteiger partial charge in [-0.05, 0) is 26.0 Å². The zero-order valence-corrected chi connectivity index (χ0v) is 14.2. The van der Waals surface area contributed by atoms with E-state index >= 15 is 0 Å². The predicted molar refractivity (Wildman–Crippen MR) is 91.4 cm³/mol. The van der Waals surface area contributed by atoms with Gasteiger partial charge in [0, 0.05) is 43.6 Å². The van der Waals surface area contributed by atoms with Crippen LogP contribution in [0.2, 0.25) is 0 Å². The molecule has 1 N–H and O–H groups in total. The van der Waals surface area contributed by atoms with E-state index in [9.17, 15) is 4.79 Å². The predicted octanol–water partition coefficient (Wildman–Crippen LogP) is 2.30. The van der Waals surface area contributed by atoms with E-state index in [1.807, 2.05) is 26.1 Å². The van der Waals surface area contributed by atoms with Crippen LogP contribution in [0, 0.1) is 13.8 Å². The summed E-state index contributed by atoms with van der Waals surface area (Å²) in [6.45, 7) is 6.31. The Morgan fingerprint density at radius 1 is 1.17 bits per heavy atom. The molecule has 24 heavy (non-hydrogen) atoms. The molecule has 7 nitrogen and oxygen atoms in total. The molecule has 0 atom stereocenters. The van der Waals surface area contributed by atoms with Crippen LogP contribution in [0.3, 0.4) is 0 Å². The molecule has 0 aliphatic carbocycles. The van der Waals surface area contributed by atoms with Crippen molar-refractivity contribution < 1.29 is 14.6 Å². The number of ether oxygens (including phenoxy) is 1. The maximum atomic E-state index is 11.0. The Bertz CT molecular complexity index is 729. The van der Waals surface area contributed by atoms with Gasteiger partial charge < -0.3 is 24.2 Å². The number of hydrogen-bond donors (Lipinski definition) is 1. The molecule has 0 radical (unpaired) electrons. The van der Waals surface area contributed by atoms with Crippen LogP contribution in [0.4, 0.5) is 10.5 Å². The molecule has 1 aliphatic rings. The zero-order valence-electron chi connectivity index (χ0n) is 14.2. The topological polar surface area (TPSA) is 70.8 Å². The van der Waals surface area contributed by atoms with Gasteiger partial charge in [0.2, 0.25) is 0 Å². The monoisotopic (exact) mass is 330 g/mol. The molecule has 2 aromatic rings. The second kappa shape index (κ2) is 6.43. The molecule has 0 unspecified atom stereocenters. The van der Waals surface area contributed by atoms with Crippen molar-refractivity contribution in [3.63, 3.8) is 0 Å². The highest BCUT2D eigenvalue weighted by atomic mass is 16.5. The van der Waals surface area contributed by atoms with Crippen LogP contribution in [0.15, 0.2) is 24.4 Å². The van der Waals surface area contributed by atoms with Crippen molar-refractivity contribution >= 4 is 11.8 Å². The number of carboxylic acid groups (broad SMARTS) is 1. The molecule has 2 aromatic heterocycles. The maximum Gasteiger partial charge on any atom is 0.407 e. The lowest BCUT2D eigenvalue weighted by Crippen LogP contribution is -2.48. The van der Waals surface area contributed by atoms with Crippen molar-refractivity contribution in [3.05, 3.63) is 35.8 Å². The van der Waals surface area contributed by atoms with Gasteiger partial charge in [-0.2, -0.15) is 0 Å². The van der Waals surface area contributed by atoms with Crippen molar-refractivity contribution in [1.29, 1.82) is 0 Å². The van der Waals surface area contributed by atoms with E-state index in [0.29, 0.717) is 26.2 Å². The zero-order chi connectivity index (χ0) is 17.3. The van der Waals surface area contributed by atoms with Crippen LogP contribution >= 0.6 is 0 Å². The second-order valence-corrected chi connectivity index (χ2v) is 5.92. The first-order valence-electron chi connectivity index (χ1n) is 7.93. The molecular formula is C17H22N4O3. The molecule has 1 amide bonds. The number of anilines is 1. The first-order valence-corrected chi connectivity index (χ1v) is 7.93. The number of methoxy groups -OCH3 is 1. The third-order valence-corrected chi connectivity index (χ3v) is 4.44. The number of hydrogen-bond acceptors (Lipinski definition) is 4. The van der Waals surface area contributed by atoms with Crippen LogP contribution < -0.4 is 9.64 Å². The van der Waals surface area contributed by atoms with Gasteiger partial charge in [0.25, 0.3) is 0 Å². The van der Waals surface area contributed by atoms with E-state index in [1.165, 1.54) is 4.90 Å². The lowest BCUT2D eigenvalue weighted by atomic mass is 10.2. The Hall–Kier alpha value is -2.70. The molecule has 0 aromatic carbocycles. The second-order valence-electron chi connectivity index (χ2n) is 5.92. The molecule has 3 rings (SSSR count). The molecule has 1 fully saturated rings. The fourth-order valence-electron chi connectivity index (χ4n) is 3.11. The average Bonchev–Trinajstić information content (AvgIpc) is 2.93. The summed E-state index contributed by atoms with van der Waals surface area (Å²) < 4.78 is 7.64. The van der Waals surface area contributed by atoms with E-state index in [0.717, 1.165) is 28.6 Å². The summed E-state index contributed by atoms with van der Waals surface area (Å²) >= 11 is 0. The minimum absolute atomic E-state index is 0.482. The molecule has 1 aliphatic heterocycles. The van der Waals surface area contributed by atoms with Crippen LogP contribution in [0.25, 0.3) is 5.82 Å². The van der Waals surface area contributed by atoms with Crippen LogP contribution in [0.1, 0.15) is 11.4 Å². The maximum absolute atomic E-state index is 11.0. The number of nitrogens with zero attached hydrogens (tertiary/aromatic N) is 4. The molecule has 0 bridgehead atoms. The van der Waals surface area contributed by atoms with E-state index in [-0.39, 0.29) is 0 Å². The van der Waals surface area contributed by atoms with Gasteiger partial charge >= 0.3 is 6.09 Å². The summed E-state index contributed by atoms with van der Waals surface area (Å²) in [7, 11) is 1.64. The minimum atomic E-state index is -0.867. The SMILES string of the molecule is COc1cc(-n2c(C)ccc2C)ncc1N1CCN(C(=O)O)CC1. The smallest absolute Gasteiger partial charge is 0.407 e. The molecule has 3 heterocycles. The van der Waals surface area contributed by atoms with Gasteiger partial charge in [-0.15, -0.1) is 0 Å². The van der Waals surface area contributed by atoms with Crippen molar-refractivity contribution in [2.24, 2.45) is 0 Å². The summed E-state index contributed by atoms with van der Waals surface area (Å²) in [6, 6.07) is 6.05. The Labute approximate surface area is 141 Å². The van der Waals surface area contributed by atoms with Crippen LogP contribution in [0.5, 0.6) is 5.75 Å². The largest absolute Gasteiger partial charge is 0.494 e. The average molecular weight is 330 g/mol. The minimum Gasteiger partial charge on any atom is -0.494 e. The van der Waals surface area contributed by atoms with Gasteiger partial charge in [-0.1, -0.05) is 0 Å². The van der Waals surface area contributed by atoms with Crippen molar-refractivity contribution in [2.45, 2.75) is 13.8 Å². The van der Waals surface area contributed by atoms with Gasteiger partial charge in [0.15, 0.2) is 0 Å². The highest BCUT2D eigenvalue weighted by Crippen LogP contribution is 2.30. The fourth-order valence-corrected chi connectivity index (χ4v) is 3.11. The van der Waals surface area contributed by atoms with Gasteiger partial charge in [-0.25, -0.2) is 9.78 Å². The Balaban J connectivity index is 1.87. The fraction of sp³-hybridized carbons (Fsp3) is 0.412. The third-order valence-electron chi connectivity index (χ3n) is 4.44. The molecule has 1 saturated heterocycles. The number of rotatable bonds is 3. The summed E-state index contributed by atoms with van der Waals surface area (Å²) in [5.74, 6) is 1.57. The molecular weight excluding hydrogens is 308 g/mol. The highest BCUT2D eigenvalue weighted by Gasteiger charge is 2.23. The highest BCUT2D eigenvalue weighted by molar-refractivity contribution is 5.66. The Morgan fingerprint density at radius 2 is 1.79 bits per heavy atom. The Morgan fingerprint density at radius 3 is 2.33 bits per heavy atom. The number of aromatic nitrogens is 2. The third kappa shape index (κ3) is 2.89. The van der Waals surface area contributed by atoms with E-state index < -0.39 is 6.09 Å². The van der Waals surface area contributed by atoms with Crippen molar-refractivity contribution in [2.75, 3.05) is 38.2 Å². The summed E-state index contributed by atoms with van der Waals surface area (Å²) in [5.41, 5.74) is 3.13. The van der Waals surface area contributed by atoms with Crippen molar-refractivity contribution in [3.8, 4) is 11.6 Å². The lowest BCUT2D eigenvalue weighted by molar-refractivity contribution is 0.142. The van der Waals surface area contributed by atoms with Crippen molar-refractivity contribution in [1.82, 2.24) is 14.5 Å². The molecule has 0 spiro atoms. The van der Waals surface area contributed by atoms with Gasteiger partial charge in [0.1, 0.15) is 11.6 Å². The number of piperazine rings is 1. The number of pyridine rings is 1. The standard InChI is InChI=1S/C17H22N4O3/c1-12-4-5-13(2)21(12)16-10-15(24-3)14(11-18-16)19-6-8-20(9-7-19)17(22)23/h4-5,10-11H,6-9H2,1-3H3,(H,22,23). The number of aryl methyl sites for hydroxylation is 2. The molecule has 128 valence electrons. The van der Waals surface area contributed by atoms with Gasteiger partial charge in [-0.3, -0.25) is 0 Å². The molecule has 7 heteroatoms. The Kier molecular flexibility index (Phi) is 4.33.